The molecule has 0 aliphatic heterocycles. The van der Waals surface area contributed by atoms with Gasteiger partial charge in [-0.15, -0.1) is 0 Å². The number of amides is 2. The van der Waals surface area contributed by atoms with Crippen molar-refractivity contribution in [1.29, 1.82) is 0 Å². The molecule has 1 atom stereocenters. The number of aryl methyl sites for hydroxylation is 2. The quantitative estimate of drug-likeness (QED) is 0.271. The lowest BCUT2D eigenvalue weighted by Gasteiger charge is -2.33. The number of rotatable bonds is 10. The van der Waals surface area contributed by atoms with E-state index in [2.05, 4.69) is 5.32 Å². The third kappa shape index (κ3) is 7.65. The molecule has 7 nitrogen and oxygen atoms in total. The van der Waals surface area contributed by atoms with Gasteiger partial charge in [-0.1, -0.05) is 84.4 Å². The fraction of sp³-hybridized carbons (Fsp3) is 0.375. The van der Waals surface area contributed by atoms with Gasteiger partial charge >= 0.3 is 0 Å². The molecule has 42 heavy (non-hydrogen) atoms. The summed E-state index contributed by atoms with van der Waals surface area (Å²) in [4.78, 5) is 29.1. The summed E-state index contributed by atoms with van der Waals surface area (Å²) < 4.78 is 29.0. The van der Waals surface area contributed by atoms with Crippen LogP contribution in [-0.2, 0) is 26.2 Å². The molecule has 1 aliphatic carbocycles. The van der Waals surface area contributed by atoms with Crippen molar-refractivity contribution in [1.82, 2.24) is 10.2 Å². The zero-order valence-corrected chi connectivity index (χ0v) is 26.5. The van der Waals surface area contributed by atoms with Crippen molar-refractivity contribution in [2.75, 3.05) is 10.8 Å². The Labute approximate surface area is 258 Å². The second-order valence-corrected chi connectivity index (χ2v) is 13.6. The van der Waals surface area contributed by atoms with Crippen LogP contribution in [0.2, 0.25) is 10.0 Å². The van der Waals surface area contributed by atoms with Gasteiger partial charge in [0, 0.05) is 17.6 Å². The first kappa shape index (κ1) is 31.9. The zero-order valence-electron chi connectivity index (χ0n) is 24.1. The van der Waals surface area contributed by atoms with Gasteiger partial charge in [0.05, 0.1) is 15.6 Å². The maximum absolute atomic E-state index is 14.2. The first-order valence-corrected chi connectivity index (χ1v) is 16.4. The van der Waals surface area contributed by atoms with Crippen molar-refractivity contribution in [2.24, 2.45) is 0 Å². The van der Waals surface area contributed by atoms with E-state index in [-0.39, 0.29) is 39.1 Å². The Kier molecular flexibility index (Phi) is 10.6. The number of carbonyl (C=O) groups excluding carboxylic acids is 2. The molecule has 0 saturated heterocycles. The third-order valence-electron chi connectivity index (χ3n) is 7.79. The lowest BCUT2D eigenvalue weighted by Crippen LogP contribution is -2.53. The van der Waals surface area contributed by atoms with Gasteiger partial charge in [0.2, 0.25) is 11.8 Å². The summed E-state index contributed by atoms with van der Waals surface area (Å²) in [5, 5.41) is 3.50. The fourth-order valence-corrected chi connectivity index (χ4v) is 7.01. The van der Waals surface area contributed by atoms with Crippen molar-refractivity contribution in [3.8, 4) is 0 Å². The van der Waals surface area contributed by atoms with Gasteiger partial charge in [-0.25, -0.2) is 8.42 Å². The Morgan fingerprint density at radius 2 is 1.62 bits per heavy atom. The van der Waals surface area contributed by atoms with Crippen molar-refractivity contribution in [3.05, 3.63) is 93.5 Å². The average molecular weight is 631 g/mol. The molecule has 0 unspecified atom stereocenters. The van der Waals surface area contributed by atoms with Crippen LogP contribution in [0.4, 0.5) is 5.69 Å². The first-order valence-electron chi connectivity index (χ1n) is 14.2. The molecular weight excluding hydrogens is 593 g/mol. The molecule has 1 fully saturated rings. The van der Waals surface area contributed by atoms with Crippen LogP contribution in [0.5, 0.6) is 0 Å². The number of carbonyl (C=O) groups is 2. The van der Waals surface area contributed by atoms with Crippen LogP contribution in [0.15, 0.2) is 71.6 Å². The van der Waals surface area contributed by atoms with Crippen LogP contribution >= 0.6 is 23.2 Å². The van der Waals surface area contributed by atoms with Crippen LogP contribution in [-0.4, -0.2) is 43.8 Å². The van der Waals surface area contributed by atoms with Gasteiger partial charge in [-0.3, -0.25) is 13.9 Å². The summed E-state index contributed by atoms with van der Waals surface area (Å²) in [5.74, 6) is -0.811. The number of benzene rings is 3. The minimum Gasteiger partial charge on any atom is -0.352 e. The van der Waals surface area contributed by atoms with Gasteiger partial charge in [-0.2, -0.15) is 0 Å². The van der Waals surface area contributed by atoms with E-state index in [9.17, 15) is 18.0 Å². The number of hydrogen-bond donors (Lipinski definition) is 1. The summed E-state index contributed by atoms with van der Waals surface area (Å²) in [7, 11) is -4.25. The van der Waals surface area contributed by atoms with Crippen LogP contribution < -0.4 is 9.62 Å². The van der Waals surface area contributed by atoms with E-state index in [1.165, 1.54) is 29.2 Å². The molecule has 1 saturated carbocycles. The van der Waals surface area contributed by atoms with Crippen molar-refractivity contribution in [2.45, 2.75) is 76.4 Å². The number of nitrogens with zero attached hydrogens (tertiary/aromatic N) is 2. The second kappa shape index (κ2) is 13.9. The molecule has 0 bridgehead atoms. The lowest BCUT2D eigenvalue weighted by molar-refractivity contribution is -0.139. The number of hydrogen-bond acceptors (Lipinski definition) is 4. The van der Waals surface area contributed by atoms with Crippen LogP contribution in [0.25, 0.3) is 0 Å². The molecule has 0 aromatic heterocycles. The highest BCUT2D eigenvalue weighted by Gasteiger charge is 2.34. The minimum atomic E-state index is -4.25. The highest BCUT2D eigenvalue weighted by Crippen LogP contribution is 2.33. The summed E-state index contributed by atoms with van der Waals surface area (Å²) in [6.45, 7) is 5.02. The largest absolute Gasteiger partial charge is 0.352 e. The number of anilines is 1. The number of sulfonamides is 1. The van der Waals surface area contributed by atoms with Gasteiger partial charge < -0.3 is 10.2 Å². The maximum Gasteiger partial charge on any atom is 0.264 e. The monoisotopic (exact) mass is 629 g/mol. The third-order valence-corrected chi connectivity index (χ3v) is 10.1. The Hall–Kier alpha value is -3.07. The topological polar surface area (TPSA) is 86.8 Å². The van der Waals surface area contributed by atoms with E-state index in [1.807, 2.05) is 38.1 Å². The highest BCUT2D eigenvalue weighted by atomic mass is 35.5. The standard InChI is InChI=1S/C32H37Cl2N3O4S/c1-22-13-16-28(17-14-22)42(40,41)37(30-19-26(33)15-18-29(30)34)21-31(38)36(20-25-10-8-7-9-23(25)2)24(3)32(39)35-27-11-5-4-6-12-27/h7-10,13-19,24,27H,4-6,11-12,20-21H2,1-3H3,(H,35,39)/t24-/m0/s1. The molecular formula is C32H37Cl2N3O4S. The van der Waals surface area contributed by atoms with E-state index in [4.69, 9.17) is 23.2 Å². The molecule has 4 rings (SSSR count). The van der Waals surface area contributed by atoms with E-state index in [0.29, 0.717) is 0 Å². The molecule has 3 aromatic rings. The second-order valence-electron chi connectivity index (χ2n) is 10.9. The summed E-state index contributed by atoms with van der Waals surface area (Å²) in [6.07, 6.45) is 5.06. The molecule has 0 spiro atoms. The first-order chi connectivity index (χ1) is 20.0. The van der Waals surface area contributed by atoms with Crippen molar-refractivity contribution in [3.63, 3.8) is 0 Å². The normalized spacial score (nSPS) is 14.7. The maximum atomic E-state index is 14.2. The fourth-order valence-electron chi connectivity index (χ4n) is 5.15. The smallest absolute Gasteiger partial charge is 0.264 e. The van der Waals surface area contributed by atoms with Gasteiger partial charge in [-0.05, 0) is 75.1 Å². The highest BCUT2D eigenvalue weighted by molar-refractivity contribution is 7.92. The molecule has 224 valence electrons. The Morgan fingerprint density at radius 3 is 2.29 bits per heavy atom. The Bertz CT molecular complexity index is 1520. The molecule has 3 aromatic carbocycles. The van der Waals surface area contributed by atoms with Crippen LogP contribution in [0, 0.1) is 13.8 Å². The van der Waals surface area contributed by atoms with E-state index in [1.54, 1.807) is 25.1 Å². The summed E-state index contributed by atoms with van der Waals surface area (Å²) >= 11 is 12.7. The van der Waals surface area contributed by atoms with E-state index in [0.717, 1.165) is 53.1 Å². The summed E-state index contributed by atoms with van der Waals surface area (Å²) in [5.41, 5.74) is 2.78. The zero-order chi connectivity index (χ0) is 30.4. The number of halogens is 2. The van der Waals surface area contributed by atoms with E-state index < -0.39 is 28.5 Å². The molecule has 0 radical (unpaired) electrons. The Balaban J connectivity index is 1.72. The Morgan fingerprint density at radius 1 is 0.952 bits per heavy atom. The van der Waals surface area contributed by atoms with Gasteiger partial charge in [0.1, 0.15) is 12.6 Å². The van der Waals surface area contributed by atoms with Crippen molar-refractivity contribution >= 4 is 50.7 Å². The van der Waals surface area contributed by atoms with Crippen molar-refractivity contribution < 1.29 is 18.0 Å². The van der Waals surface area contributed by atoms with Crippen LogP contribution in [0.1, 0.15) is 55.7 Å². The summed E-state index contributed by atoms with van der Waals surface area (Å²) in [6, 6.07) is 17.7. The van der Waals surface area contributed by atoms with Gasteiger partial charge in [0.15, 0.2) is 0 Å². The predicted octanol–water partition coefficient (Wildman–Crippen LogP) is 6.67. The molecule has 2 amide bonds. The average Bonchev–Trinajstić information content (AvgIpc) is 2.97. The molecule has 1 aliphatic rings. The number of nitrogens with one attached hydrogen (secondary N) is 1. The predicted molar refractivity (Wildman–Crippen MR) is 168 cm³/mol. The van der Waals surface area contributed by atoms with Gasteiger partial charge in [0.25, 0.3) is 10.0 Å². The molecule has 10 heteroatoms. The SMILES string of the molecule is Cc1ccc(S(=O)(=O)N(CC(=O)N(Cc2ccccc2C)[C@@H](C)C(=O)NC2CCCCC2)c2cc(Cl)ccc2Cl)cc1. The molecule has 1 N–H and O–H groups in total. The van der Waals surface area contributed by atoms with E-state index >= 15 is 0 Å². The minimum absolute atomic E-state index is 0.00508. The lowest BCUT2D eigenvalue weighted by atomic mass is 9.95. The molecule has 0 heterocycles. The van der Waals surface area contributed by atoms with Crippen LogP contribution in [0.3, 0.4) is 0 Å².